The van der Waals surface area contributed by atoms with Crippen molar-refractivity contribution in [2.75, 3.05) is 51.8 Å². The monoisotopic (exact) mass is 410 g/mol. The lowest BCUT2D eigenvalue weighted by molar-refractivity contribution is -0.892. The molecule has 1 heterocycles. The number of hydrogen-bond donors (Lipinski definition) is 1. The minimum Gasteiger partial charge on any atom is -0.497 e. The first-order valence-electron chi connectivity index (χ1n) is 10.8. The molecule has 0 spiro atoms. The van der Waals surface area contributed by atoms with Crippen molar-refractivity contribution in [2.24, 2.45) is 0 Å². The van der Waals surface area contributed by atoms with Crippen LogP contribution in [0, 0.1) is 0 Å². The molecule has 1 aliphatic heterocycles. The number of methoxy groups -OCH3 is 2. The van der Waals surface area contributed by atoms with Gasteiger partial charge in [0.1, 0.15) is 11.5 Å². The second-order valence-corrected chi connectivity index (χ2v) is 8.19. The molecule has 1 aliphatic carbocycles. The number of ether oxygens (including phenoxy) is 2. The SMILES string of the molecule is COc1ccc(CN(C(=O)C[NH+]2CCN(c3ccccc3OC)CC2)C2CC2)cc1. The predicted molar refractivity (Wildman–Crippen MR) is 117 cm³/mol. The van der Waals surface area contributed by atoms with E-state index in [1.807, 2.05) is 30.3 Å². The Morgan fingerprint density at radius 2 is 1.73 bits per heavy atom. The van der Waals surface area contributed by atoms with Gasteiger partial charge in [0.15, 0.2) is 6.54 Å². The van der Waals surface area contributed by atoms with E-state index < -0.39 is 0 Å². The number of nitrogens with one attached hydrogen (secondary N) is 1. The predicted octanol–water partition coefficient (Wildman–Crippen LogP) is 1.60. The van der Waals surface area contributed by atoms with E-state index in [4.69, 9.17) is 9.47 Å². The maximum absolute atomic E-state index is 13.1. The third-order valence-electron chi connectivity index (χ3n) is 6.12. The van der Waals surface area contributed by atoms with Crippen LogP contribution in [0.3, 0.4) is 0 Å². The molecule has 2 aliphatic rings. The van der Waals surface area contributed by atoms with Crippen molar-refractivity contribution in [3.63, 3.8) is 0 Å². The zero-order chi connectivity index (χ0) is 20.9. The van der Waals surface area contributed by atoms with Gasteiger partial charge in [0, 0.05) is 12.6 Å². The number of anilines is 1. The molecule has 0 atom stereocenters. The Hall–Kier alpha value is -2.73. The van der Waals surface area contributed by atoms with Crippen LogP contribution in [0.1, 0.15) is 18.4 Å². The molecule has 1 N–H and O–H groups in total. The Balaban J connectivity index is 1.32. The van der Waals surface area contributed by atoms with Gasteiger partial charge in [0.05, 0.1) is 46.1 Å². The fourth-order valence-corrected chi connectivity index (χ4v) is 4.18. The zero-order valence-electron chi connectivity index (χ0n) is 18.0. The van der Waals surface area contributed by atoms with Crippen molar-refractivity contribution in [3.8, 4) is 11.5 Å². The van der Waals surface area contributed by atoms with E-state index in [9.17, 15) is 4.79 Å². The van der Waals surface area contributed by atoms with Crippen LogP contribution >= 0.6 is 0 Å². The molecule has 160 valence electrons. The topological polar surface area (TPSA) is 46.5 Å². The van der Waals surface area contributed by atoms with E-state index in [2.05, 4.69) is 28.0 Å². The van der Waals surface area contributed by atoms with Crippen molar-refractivity contribution in [1.82, 2.24) is 4.90 Å². The highest BCUT2D eigenvalue weighted by molar-refractivity contribution is 5.77. The third kappa shape index (κ3) is 4.87. The highest BCUT2D eigenvalue weighted by Crippen LogP contribution is 2.29. The second-order valence-electron chi connectivity index (χ2n) is 8.19. The average Bonchev–Trinajstić information content (AvgIpc) is 3.63. The van der Waals surface area contributed by atoms with Gasteiger partial charge in [0.25, 0.3) is 5.91 Å². The second kappa shape index (κ2) is 9.39. The van der Waals surface area contributed by atoms with Crippen molar-refractivity contribution in [2.45, 2.75) is 25.4 Å². The summed E-state index contributed by atoms with van der Waals surface area (Å²) >= 11 is 0. The maximum Gasteiger partial charge on any atom is 0.278 e. The minimum absolute atomic E-state index is 0.272. The van der Waals surface area contributed by atoms with Gasteiger partial charge in [-0.05, 0) is 42.7 Å². The average molecular weight is 411 g/mol. The highest BCUT2D eigenvalue weighted by atomic mass is 16.5. The van der Waals surface area contributed by atoms with Gasteiger partial charge in [-0.1, -0.05) is 24.3 Å². The van der Waals surface area contributed by atoms with E-state index in [1.54, 1.807) is 14.2 Å². The molecule has 1 saturated carbocycles. The Morgan fingerprint density at radius 3 is 2.37 bits per heavy atom. The van der Waals surface area contributed by atoms with Crippen molar-refractivity contribution >= 4 is 11.6 Å². The molecule has 2 fully saturated rings. The summed E-state index contributed by atoms with van der Waals surface area (Å²) in [6, 6.07) is 16.6. The molecule has 6 heteroatoms. The number of quaternary nitrogens is 1. The number of hydrogen-bond acceptors (Lipinski definition) is 4. The van der Waals surface area contributed by atoms with Gasteiger partial charge in [-0.15, -0.1) is 0 Å². The largest absolute Gasteiger partial charge is 0.497 e. The molecule has 30 heavy (non-hydrogen) atoms. The Kier molecular flexibility index (Phi) is 6.43. The van der Waals surface area contributed by atoms with E-state index in [0.717, 1.165) is 61.8 Å². The molecule has 2 aromatic rings. The van der Waals surface area contributed by atoms with E-state index in [0.29, 0.717) is 19.1 Å². The number of carbonyl (C=O) groups is 1. The van der Waals surface area contributed by atoms with Gasteiger partial charge >= 0.3 is 0 Å². The van der Waals surface area contributed by atoms with Crippen LogP contribution in [0.4, 0.5) is 5.69 Å². The van der Waals surface area contributed by atoms with Crippen molar-refractivity contribution < 1.29 is 19.2 Å². The molecule has 2 aromatic carbocycles. The van der Waals surface area contributed by atoms with Crippen LogP contribution in [0.5, 0.6) is 11.5 Å². The summed E-state index contributed by atoms with van der Waals surface area (Å²) in [5.74, 6) is 2.03. The van der Waals surface area contributed by atoms with Crippen LogP contribution in [0.25, 0.3) is 0 Å². The maximum atomic E-state index is 13.1. The van der Waals surface area contributed by atoms with Crippen molar-refractivity contribution in [1.29, 1.82) is 0 Å². The third-order valence-corrected chi connectivity index (χ3v) is 6.12. The van der Waals surface area contributed by atoms with E-state index in [-0.39, 0.29) is 5.91 Å². The zero-order valence-corrected chi connectivity index (χ0v) is 18.0. The van der Waals surface area contributed by atoms with Crippen LogP contribution in [0.15, 0.2) is 48.5 Å². The number of piperazine rings is 1. The molecular weight excluding hydrogens is 378 g/mol. The minimum atomic E-state index is 0.272. The fourth-order valence-electron chi connectivity index (χ4n) is 4.18. The Labute approximate surface area is 179 Å². The first kappa shape index (κ1) is 20.5. The summed E-state index contributed by atoms with van der Waals surface area (Å²) < 4.78 is 10.8. The van der Waals surface area contributed by atoms with Crippen LogP contribution in [-0.4, -0.2) is 63.8 Å². The Bertz CT molecular complexity index is 843. The van der Waals surface area contributed by atoms with Gasteiger partial charge in [-0.25, -0.2) is 0 Å². The molecule has 0 aromatic heterocycles. The summed E-state index contributed by atoms with van der Waals surface area (Å²) in [4.78, 5) is 18.9. The number of para-hydroxylation sites is 2. The lowest BCUT2D eigenvalue weighted by Crippen LogP contribution is -3.15. The fraction of sp³-hybridized carbons (Fsp3) is 0.458. The molecule has 1 saturated heterocycles. The summed E-state index contributed by atoms with van der Waals surface area (Å²) in [6.07, 6.45) is 2.25. The van der Waals surface area contributed by atoms with Gasteiger partial charge in [-0.3, -0.25) is 4.79 Å². The number of amides is 1. The van der Waals surface area contributed by atoms with Gasteiger partial charge in [-0.2, -0.15) is 0 Å². The molecule has 0 radical (unpaired) electrons. The standard InChI is InChI=1S/C24H31N3O3/c1-29-21-11-7-19(8-12-21)17-27(20-9-10-20)24(28)18-25-13-15-26(16-14-25)22-5-3-4-6-23(22)30-2/h3-8,11-12,20H,9-10,13-18H2,1-2H3/p+1. The molecule has 4 rings (SSSR count). The van der Waals surface area contributed by atoms with Crippen LogP contribution in [-0.2, 0) is 11.3 Å². The van der Waals surface area contributed by atoms with Crippen LogP contribution in [0.2, 0.25) is 0 Å². The van der Waals surface area contributed by atoms with Crippen molar-refractivity contribution in [3.05, 3.63) is 54.1 Å². The van der Waals surface area contributed by atoms with Crippen LogP contribution < -0.4 is 19.3 Å². The molecular formula is C24H32N3O3+. The smallest absolute Gasteiger partial charge is 0.278 e. The first-order chi connectivity index (χ1) is 14.7. The lowest BCUT2D eigenvalue weighted by Gasteiger charge is -2.35. The van der Waals surface area contributed by atoms with Gasteiger partial charge < -0.3 is 24.2 Å². The Morgan fingerprint density at radius 1 is 1.03 bits per heavy atom. The normalized spacial score (nSPS) is 16.9. The van der Waals surface area contributed by atoms with E-state index >= 15 is 0 Å². The summed E-state index contributed by atoms with van der Waals surface area (Å²) in [5, 5.41) is 0. The molecule has 6 nitrogen and oxygen atoms in total. The summed E-state index contributed by atoms with van der Waals surface area (Å²) in [6.45, 7) is 5.06. The first-order valence-corrected chi connectivity index (χ1v) is 10.8. The number of carbonyl (C=O) groups excluding carboxylic acids is 1. The quantitative estimate of drug-likeness (QED) is 0.718. The molecule has 0 unspecified atom stereocenters. The summed E-state index contributed by atoms with van der Waals surface area (Å²) in [5.41, 5.74) is 2.30. The van der Waals surface area contributed by atoms with E-state index in [1.165, 1.54) is 4.90 Å². The molecule has 0 bridgehead atoms. The number of nitrogens with zero attached hydrogens (tertiary/aromatic N) is 2. The molecule has 1 amide bonds. The lowest BCUT2D eigenvalue weighted by atomic mass is 10.2. The summed E-state index contributed by atoms with van der Waals surface area (Å²) in [7, 11) is 3.39. The number of benzene rings is 2. The van der Waals surface area contributed by atoms with Gasteiger partial charge in [0.2, 0.25) is 0 Å². The highest BCUT2D eigenvalue weighted by Gasteiger charge is 2.34. The number of rotatable bonds is 8.